The number of aromatic nitrogens is 1. The van der Waals surface area contributed by atoms with Crippen molar-refractivity contribution < 1.29 is 14.0 Å². The van der Waals surface area contributed by atoms with Gasteiger partial charge >= 0.3 is 6.03 Å². The molecule has 35 heavy (non-hydrogen) atoms. The quantitative estimate of drug-likeness (QED) is 0.499. The zero-order valence-electron chi connectivity index (χ0n) is 20.7. The van der Waals surface area contributed by atoms with E-state index in [4.69, 9.17) is 0 Å². The van der Waals surface area contributed by atoms with Crippen molar-refractivity contribution in [3.05, 3.63) is 77.2 Å². The second-order valence-corrected chi connectivity index (χ2v) is 9.07. The van der Waals surface area contributed by atoms with Gasteiger partial charge in [-0.2, -0.15) is 0 Å². The van der Waals surface area contributed by atoms with E-state index in [0.717, 1.165) is 41.0 Å². The van der Waals surface area contributed by atoms with Gasteiger partial charge in [0.25, 0.3) is 5.91 Å². The summed E-state index contributed by atoms with van der Waals surface area (Å²) in [7, 11) is 0. The van der Waals surface area contributed by atoms with Crippen LogP contribution in [0.2, 0.25) is 0 Å². The van der Waals surface area contributed by atoms with Gasteiger partial charge in [-0.1, -0.05) is 31.0 Å². The monoisotopic (exact) mass is 476 g/mol. The molecule has 1 N–H and O–H groups in total. The number of carbonyl (C=O) groups excluding carboxylic acids is 2. The topological polar surface area (TPSA) is 57.6 Å². The van der Waals surface area contributed by atoms with Crippen molar-refractivity contribution in [2.75, 3.05) is 32.7 Å². The number of hydrogen-bond donors (Lipinski definition) is 1. The SMILES string of the molecule is CCCCNC(=O)N1CCN(C(=O)c2cc(-c3ccc(F)cc3)n(-c3ccc(C)cc3)c2C)CC1. The maximum atomic E-state index is 13.6. The normalized spacial score (nSPS) is 13.7. The summed E-state index contributed by atoms with van der Waals surface area (Å²) in [5.74, 6) is -0.352. The molecule has 4 rings (SSSR count). The van der Waals surface area contributed by atoms with E-state index in [1.54, 1.807) is 17.0 Å². The summed E-state index contributed by atoms with van der Waals surface area (Å²) < 4.78 is 15.7. The molecule has 1 fully saturated rings. The Morgan fingerprint density at radius 1 is 0.914 bits per heavy atom. The molecule has 0 atom stereocenters. The third-order valence-electron chi connectivity index (χ3n) is 6.57. The van der Waals surface area contributed by atoms with E-state index in [1.165, 1.54) is 12.1 Å². The highest BCUT2D eigenvalue weighted by Gasteiger charge is 2.28. The molecule has 0 bridgehead atoms. The average molecular weight is 477 g/mol. The van der Waals surface area contributed by atoms with E-state index in [-0.39, 0.29) is 17.8 Å². The van der Waals surface area contributed by atoms with Gasteiger partial charge in [-0.3, -0.25) is 4.79 Å². The van der Waals surface area contributed by atoms with E-state index in [2.05, 4.69) is 16.8 Å². The minimum absolute atomic E-state index is 0.0530. The van der Waals surface area contributed by atoms with E-state index in [0.29, 0.717) is 38.3 Å². The Balaban J connectivity index is 1.59. The van der Waals surface area contributed by atoms with Crippen molar-refractivity contribution >= 4 is 11.9 Å². The number of hydrogen-bond acceptors (Lipinski definition) is 2. The molecule has 1 aromatic heterocycles. The fourth-order valence-corrected chi connectivity index (χ4v) is 4.45. The van der Waals surface area contributed by atoms with Crippen LogP contribution < -0.4 is 5.32 Å². The molecule has 1 aliphatic rings. The van der Waals surface area contributed by atoms with Crippen molar-refractivity contribution in [1.82, 2.24) is 19.7 Å². The summed E-state index contributed by atoms with van der Waals surface area (Å²) in [5.41, 5.74) is 5.21. The highest BCUT2D eigenvalue weighted by Crippen LogP contribution is 2.31. The number of nitrogens with zero attached hydrogens (tertiary/aromatic N) is 3. The standard InChI is InChI=1S/C28H33FN4O2/c1-4-5-14-30-28(35)32-17-15-31(16-18-32)27(34)25-19-26(22-8-10-23(29)11-9-22)33(21(25)3)24-12-6-20(2)7-13-24/h6-13,19H,4-5,14-18H2,1-3H3,(H,30,35). The molecule has 7 heteroatoms. The van der Waals surface area contributed by atoms with Crippen LogP contribution in [-0.2, 0) is 0 Å². The molecule has 184 valence electrons. The van der Waals surface area contributed by atoms with Gasteiger partial charge in [0.2, 0.25) is 0 Å². The van der Waals surface area contributed by atoms with E-state index in [9.17, 15) is 14.0 Å². The highest BCUT2D eigenvalue weighted by atomic mass is 19.1. The first-order valence-electron chi connectivity index (χ1n) is 12.3. The molecule has 0 saturated carbocycles. The molecule has 2 heterocycles. The van der Waals surface area contributed by atoms with Gasteiger partial charge in [0.15, 0.2) is 0 Å². The molecule has 6 nitrogen and oxygen atoms in total. The van der Waals surface area contributed by atoms with Crippen LogP contribution in [0.4, 0.5) is 9.18 Å². The summed E-state index contributed by atoms with van der Waals surface area (Å²) >= 11 is 0. The number of urea groups is 1. The number of amides is 3. The number of carbonyl (C=O) groups is 2. The zero-order valence-corrected chi connectivity index (χ0v) is 20.7. The second-order valence-electron chi connectivity index (χ2n) is 9.07. The smallest absolute Gasteiger partial charge is 0.317 e. The average Bonchev–Trinajstić information content (AvgIpc) is 3.21. The Morgan fingerprint density at radius 2 is 1.54 bits per heavy atom. The van der Waals surface area contributed by atoms with Gasteiger partial charge in [0.05, 0.1) is 11.3 Å². The minimum atomic E-state index is -0.299. The molecule has 3 amide bonds. The van der Waals surface area contributed by atoms with Gasteiger partial charge < -0.3 is 19.7 Å². The number of unbranched alkanes of at least 4 members (excludes halogenated alkanes) is 1. The highest BCUT2D eigenvalue weighted by molar-refractivity contribution is 5.97. The summed E-state index contributed by atoms with van der Waals surface area (Å²) in [5, 5.41) is 2.95. The van der Waals surface area contributed by atoms with Crippen LogP contribution in [0.1, 0.15) is 41.4 Å². The van der Waals surface area contributed by atoms with E-state index >= 15 is 0 Å². The molecule has 0 unspecified atom stereocenters. The summed E-state index contributed by atoms with van der Waals surface area (Å²) in [6.07, 6.45) is 1.99. The maximum absolute atomic E-state index is 13.6. The van der Waals surface area contributed by atoms with Crippen LogP contribution in [0, 0.1) is 19.7 Å². The summed E-state index contributed by atoms with van der Waals surface area (Å²) in [6, 6.07) is 16.3. The molecule has 2 aromatic carbocycles. The number of rotatable bonds is 6. The number of nitrogens with one attached hydrogen (secondary N) is 1. The van der Waals surface area contributed by atoms with Crippen molar-refractivity contribution in [3.63, 3.8) is 0 Å². The predicted molar refractivity (Wildman–Crippen MR) is 136 cm³/mol. The third kappa shape index (κ3) is 5.39. The van der Waals surface area contributed by atoms with Gasteiger partial charge in [-0.15, -0.1) is 0 Å². The van der Waals surface area contributed by atoms with Crippen LogP contribution in [-0.4, -0.2) is 59.0 Å². The maximum Gasteiger partial charge on any atom is 0.317 e. The van der Waals surface area contributed by atoms with Gasteiger partial charge in [-0.05, 0) is 68.3 Å². The van der Waals surface area contributed by atoms with Crippen molar-refractivity contribution in [3.8, 4) is 16.9 Å². The van der Waals surface area contributed by atoms with Crippen LogP contribution in [0.25, 0.3) is 16.9 Å². The molecule has 0 spiro atoms. The lowest BCUT2D eigenvalue weighted by Gasteiger charge is -2.34. The fourth-order valence-electron chi connectivity index (χ4n) is 4.45. The lowest BCUT2D eigenvalue weighted by Crippen LogP contribution is -2.53. The number of piperazine rings is 1. The molecule has 0 aliphatic carbocycles. The van der Waals surface area contributed by atoms with Gasteiger partial charge in [0, 0.05) is 44.1 Å². The number of aryl methyl sites for hydroxylation is 1. The van der Waals surface area contributed by atoms with E-state index < -0.39 is 0 Å². The second kappa shape index (κ2) is 10.8. The van der Waals surface area contributed by atoms with Crippen molar-refractivity contribution in [2.24, 2.45) is 0 Å². The molecule has 0 radical (unpaired) electrons. The Bertz CT molecular complexity index is 1180. The number of halogens is 1. The fraction of sp³-hybridized carbons (Fsp3) is 0.357. The predicted octanol–water partition coefficient (Wildman–Crippen LogP) is 5.17. The zero-order chi connectivity index (χ0) is 24.9. The minimum Gasteiger partial charge on any atom is -0.338 e. The van der Waals surface area contributed by atoms with Gasteiger partial charge in [0.1, 0.15) is 5.82 Å². The van der Waals surface area contributed by atoms with Crippen LogP contribution in [0.3, 0.4) is 0 Å². The first-order chi connectivity index (χ1) is 16.9. The Hall–Kier alpha value is -3.61. The lowest BCUT2D eigenvalue weighted by atomic mass is 10.1. The summed E-state index contributed by atoms with van der Waals surface area (Å²) in [4.78, 5) is 29.5. The van der Waals surface area contributed by atoms with Crippen LogP contribution in [0.15, 0.2) is 54.6 Å². The molecule has 1 saturated heterocycles. The lowest BCUT2D eigenvalue weighted by molar-refractivity contribution is 0.0664. The Morgan fingerprint density at radius 3 is 2.17 bits per heavy atom. The Kier molecular flexibility index (Phi) is 7.54. The molecular formula is C28H33FN4O2. The van der Waals surface area contributed by atoms with Crippen LogP contribution >= 0.6 is 0 Å². The van der Waals surface area contributed by atoms with E-state index in [1.807, 2.05) is 49.1 Å². The molecule has 1 aliphatic heterocycles. The van der Waals surface area contributed by atoms with Crippen molar-refractivity contribution in [2.45, 2.75) is 33.6 Å². The van der Waals surface area contributed by atoms with Crippen molar-refractivity contribution in [1.29, 1.82) is 0 Å². The molecule has 3 aromatic rings. The first kappa shape index (κ1) is 24.5. The first-order valence-corrected chi connectivity index (χ1v) is 12.3. The summed E-state index contributed by atoms with van der Waals surface area (Å²) in [6.45, 7) is 8.72. The van der Waals surface area contributed by atoms with Crippen LogP contribution in [0.5, 0.6) is 0 Å². The Labute approximate surface area is 206 Å². The largest absolute Gasteiger partial charge is 0.338 e. The van der Waals surface area contributed by atoms with Gasteiger partial charge in [-0.25, -0.2) is 9.18 Å². The third-order valence-corrected chi connectivity index (χ3v) is 6.57. The molecular weight excluding hydrogens is 443 g/mol. The number of benzene rings is 2.